The Bertz CT molecular complexity index is 634. The van der Waals surface area contributed by atoms with E-state index in [0.29, 0.717) is 0 Å². The highest BCUT2D eigenvalue weighted by molar-refractivity contribution is 5.41. The van der Waals surface area contributed by atoms with Gasteiger partial charge in [0.05, 0.1) is 0 Å². The number of hydrogen-bond donors (Lipinski definition) is 1. The topological polar surface area (TPSA) is 26.0 Å². The van der Waals surface area contributed by atoms with Gasteiger partial charge in [-0.1, -0.05) is 43.7 Å². The number of nitrogens with two attached hydrogens (primary N) is 1. The van der Waals surface area contributed by atoms with Gasteiger partial charge in [-0.15, -0.1) is 0 Å². The van der Waals surface area contributed by atoms with E-state index >= 15 is 0 Å². The Morgan fingerprint density at radius 3 is 2.17 bits per heavy atom. The van der Waals surface area contributed by atoms with E-state index in [2.05, 4.69) is 44.2 Å². The lowest BCUT2D eigenvalue weighted by atomic mass is 9.76. The molecule has 1 heteroatoms. The van der Waals surface area contributed by atoms with E-state index in [1.807, 2.05) is 12.1 Å². The van der Waals surface area contributed by atoms with Gasteiger partial charge < -0.3 is 5.73 Å². The molecule has 2 N–H and O–H groups in total. The average Bonchev–Trinajstić information content (AvgIpc) is 2.57. The summed E-state index contributed by atoms with van der Waals surface area (Å²) < 4.78 is 0. The van der Waals surface area contributed by atoms with Crippen molar-refractivity contribution >= 4 is 5.69 Å². The smallest absolute Gasteiger partial charge is 0.0314 e. The summed E-state index contributed by atoms with van der Waals surface area (Å²) in [5, 5.41) is 0. The second-order valence-electron chi connectivity index (χ2n) is 7.24. The van der Waals surface area contributed by atoms with E-state index < -0.39 is 0 Å². The van der Waals surface area contributed by atoms with Gasteiger partial charge in [0.25, 0.3) is 0 Å². The van der Waals surface area contributed by atoms with E-state index in [1.54, 1.807) is 5.56 Å². The van der Waals surface area contributed by atoms with Gasteiger partial charge in [-0.05, 0) is 85.3 Å². The summed E-state index contributed by atoms with van der Waals surface area (Å²) in [6.07, 6.45) is 7.91. The summed E-state index contributed by atoms with van der Waals surface area (Å²) in [6.45, 7) is 4.62. The van der Waals surface area contributed by atoms with Crippen LogP contribution in [0.1, 0.15) is 67.2 Å². The molecule has 0 saturated heterocycles. The van der Waals surface area contributed by atoms with Crippen molar-refractivity contribution in [3.8, 4) is 0 Å². The van der Waals surface area contributed by atoms with Crippen LogP contribution >= 0.6 is 0 Å². The van der Waals surface area contributed by atoms with Crippen LogP contribution < -0.4 is 5.73 Å². The van der Waals surface area contributed by atoms with Gasteiger partial charge in [0.1, 0.15) is 0 Å². The molecule has 0 radical (unpaired) electrons. The number of hydrogen-bond acceptors (Lipinski definition) is 1. The van der Waals surface area contributed by atoms with Crippen molar-refractivity contribution in [1.29, 1.82) is 0 Å². The van der Waals surface area contributed by atoms with Crippen molar-refractivity contribution in [2.45, 2.75) is 58.3 Å². The summed E-state index contributed by atoms with van der Waals surface area (Å²) in [7, 11) is 0. The highest BCUT2D eigenvalue weighted by Gasteiger charge is 2.22. The van der Waals surface area contributed by atoms with Gasteiger partial charge in [-0.3, -0.25) is 0 Å². The molecule has 1 aliphatic carbocycles. The number of aryl methyl sites for hydroxylation is 1. The molecular formula is C22H29N. The molecule has 0 unspecified atom stereocenters. The molecule has 0 bridgehead atoms. The lowest BCUT2D eigenvalue weighted by molar-refractivity contribution is 0.318. The Morgan fingerprint density at radius 1 is 0.913 bits per heavy atom. The van der Waals surface area contributed by atoms with Crippen molar-refractivity contribution in [2.75, 3.05) is 5.73 Å². The third-order valence-electron chi connectivity index (χ3n) is 5.59. The quantitative estimate of drug-likeness (QED) is 0.704. The van der Waals surface area contributed by atoms with E-state index in [0.717, 1.165) is 23.9 Å². The third-order valence-corrected chi connectivity index (χ3v) is 5.59. The second-order valence-corrected chi connectivity index (χ2v) is 7.24. The maximum absolute atomic E-state index is 5.77. The first-order valence-corrected chi connectivity index (χ1v) is 9.09. The Morgan fingerprint density at radius 2 is 1.57 bits per heavy atom. The van der Waals surface area contributed by atoms with Gasteiger partial charge in [-0.25, -0.2) is 0 Å². The first-order chi connectivity index (χ1) is 11.2. The van der Waals surface area contributed by atoms with Crippen LogP contribution in [0.2, 0.25) is 0 Å². The molecule has 0 amide bonds. The van der Waals surface area contributed by atoms with Crippen LogP contribution in [0, 0.1) is 12.8 Å². The van der Waals surface area contributed by atoms with Crippen LogP contribution in [0.4, 0.5) is 5.69 Å². The minimum absolute atomic E-state index is 0.781. The van der Waals surface area contributed by atoms with Crippen molar-refractivity contribution in [2.24, 2.45) is 5.92 Å². The van der Waals surface area contributed by atoms with E-state index in [4.69, 9.17) is 5.73 Å². The number of benzene rings is 2. The summed E-state index contributed by atoms with van der Waals surface area (Å²) in [5.74, 6) is 1.75. The van der Waals surface area contributed by atoms with Crippen LogP contribution in [0.15, 0.2) is 42.5 Å². The summed E-state index contributed by atoms with van der Waals surface area (Å²) in [4.78, 5) is 0. The van der Waals surface area contributed by atoms with Crippen molar-refractivity contribution in [3.05, 3.63) is 64.7 Å². The zero-order chi connectivity index (χ0) is 16.2. The second kappa shape index (κ2) is 7.21. The lowest BCUT2D eigenvalue weighted by Crippen LogP contribution is -2.13. The fraction of sp³-hybridized carbons (Fsp3) is 0.455. The largest absolute Gasteiger partial charge is 0.399 e. The zero-order valence-corrected chi connectivity index (χ0v) is 14.5. The Hall–Kier alpha value is -1.76. The molecule has 1 nitrogen and oxygen atoms in total. The normalized spacial score (nSPS) is 21.3. The van der Waals surface area contributed by atoms with Crippen LogP contribution in [-0.2, 0) is 6.42 Å². The molecule has 23 heavy (non-hydrogen) atoms. The van der Waals surface area contributed by atoms with Crippen molar-refractivity contribution in [3.63, 3.8) is 0 Å². The van der Waals surface area contributed by atoms with Crippen LogP contribution in [0.3, 0.4) is 0 Å². The molecule has 0 aromatic heterocycles. The Balaban J connectivity index is 1.69. The fourth-order valence-corrected chi connectivity index (χ4v) is 4.06. The standard InChI is InChI=1S/C22H29N/c1-3-17-4-9-20(10-5-17)22-13-8-19(14-16(22)2)15-18-6-11-21(23)12-7-18/h6-8,11-14,17,20H,3-5,9-10,15,23H2,1-2H3. The number of rotatable bonds is 4. The maximum Gasteiger partial charge on any atom is 0.0314 e. The predicted molar refractivity (Wildman–Crippen MR) is 99.8 cm³/mol. The molecule has 3 rings (SSSR count). The minimum atomic E-state index is 0.781. The molecule has 1 fully saturated rings. The molecule has 2 aromatic carbocycles. The first kappa shape index (κ1) is 16.1. The van der Waals surface area contributed by atoms with Crippen molar-refractivity contribution in [1.82, 2.24) is 0 Å². The minimum Gasteiger partial charge on any atom is -0.399 e. The van der Waals surface area contributed by atoms with Gasteiger partial charge in [0, 0.05) is 5.69 Å². The third kappa shape index (κ3) is 3.96. The van der Waals surface area contributed by atoms with Gasteiger partial charge in [-0.2, -0.15) is 0 Å². The number of anilines is 1. The molecule has 122 valence electrons. The molecule has 0 aliphatic heterocycles. The van der Waals surface area contributed by atoms with E-state index in [-0.39, 0.29) is 0 Å². The molecule has 1 aliphatic rings. The maximum atomic E-state index is 5.77. The van der Waals surface area contributed by atoms with E-state index in [1.165, 1.54) is 48.8 Å². The van der Waals surface area contributed by atoms with Crippen molar-refractivity contribution < 1.29 is 0 Å². The van der Waals surface area contributed by atoms with Gasteiger partial charge in [0.15, 0.2) is 0 Å². The van der Waals surface area contributed by atoms with Crippen LogP contribution in [-0.4, -0.2) is 0 Å². The van der Waals surface area contributed by atoms with Crippen LogP contribution in [0.5, 0.6) is 0 Å². The van der Waals surface area contributed by atoms with Gasteiger partial charge >= 0.3 is 0 Å². The Kier molecular flexibility index (Phi) is 5.05. The van der Waals surface area contributed by atoms with Crippen LogP contribution in [0.25, 0.3) is 0 Å². The monoisotopic (exact) mass is 307 g/mol. The summed E-state index contributed by atoms with van der Waals surface area (Å²) in [6, 6.07) is 15.3. The molecular weight excluding hydrogens is 278 g/mol. The molecule has 0 heterocycles. The number of nitrogen functional groups attached to an aromatic ring is 1. The zero-order valence-electron chi connectivity index (χ0n) is 14.5. The lowest BCUT2D eigenvalue weighted by Gasteiger charge is -2.29. The SMILES string of the molecule is CCC1CCC(c2ccc(Cc3ccc(N)cc3)cc2C)CC1. The predicted octanol–water partition coefficient (Wildman–Crippen LogP) is 5.85. The van der Waals surface area contributed by atoms with E-state index in [9.17, 15) is 0 Å². The summed E-state index contributed by atoms with van der Waals surface area (Å²) >= 11 is 0. The first-order valence-electron chi connectivity index (χ1n) is 9.09. The summed E-state index contributed by atoms with van der Waals surface area (Å²) in [5.41, 5.74) is 12.4. The Labute approximate surface area is 140 Å². The molecule has 0 spiro atoms. The van der Waals surface area contributed by atoms with Gasteiger partial charge in [0.2, 0.25) is 0 Å². The fourth-order valence-electron chi connectivity index (χ4n) is 4.06. The molecule has 2 aromatic rings. The average molecular weight is 307 g/mol. The highest BCUT2D eigenvalue weighted by atomic mass is 14.5. The molecule has 0 atom stereocenters. The molecule has 1 saturated carbocycles. The highest BCUT2D eigenvalue weighted by Crippen LogP contribution is 2.38.